The lowest BCUT2D eigenvalue weighted by molar-refractivity contribution is 0.442. The van der Waals surface area contributed by atoms with E-state index in [2.05, 4.69) is 31.9 Å². The maximum atomic E-state index is 12.5. The Kier molecular flexibility index (Phi) is 3.74. The lowest BCUT2D eigenvalue weighted by Crippen LogP contribution is -2.07. The highest BCUT2D eigenvalue weighted by molar-refractivity contribution is 9.11. The Labute approximate surface area is 142 Å². The van der Waals surface area contributed by atoms with E-state index >= 15 is 0 Å². The van der Waals surface area contributed by atoms with Gasteiger partial charge in [-0.15, -0.1) is 0 Å². The molecule has 1 aromatic heterocycles. The first kappa shape index (κ1) is 15.1. The van der Waals surface area contributed by atoms with Crippen LogP contribution in [0.25, 0.3) is 22.3 Å². The summed E-state index contributed by atoms with van der Waals surface area (Å²) in [4.78, 5) is 12.5. The molecule has 3 aromatic rings. The van der Waals surface area contributed by atoms with Crippen molar-refractivity contribution in [3.63, 3.8) is 0 Å². The van der Waals surface area contributed by atoms with Gasteiger partial charge in [-0.05, 0) is 57.0 Å². The Morgan fingerprint density at radius 3 is 2.50 bits per heavy atom. The van der Waals surface area contributed by atoms with Gasteiger partial charge in [-0.1, -0.05) is 12.1 Å². The molecule has 2 aromatic carbocycles. The van der Waals surface area contributed by atoms with Crippen LogP contribution in [0.15, 0.2) is 48.5 Å². The van der Waals surface area contributed by atoms with Gasteiger partial charge in [0.2, 0.25) is 0 Å². The van der Waals surface area contributed by atoms with E-state index in [0.29, 0.717) is 26.6 Å². The molecule has 3 rings (SSSR count). The molecule has 0 aliphatic carbocycles. The standard InChI is InChI=1S/C16H10Br2O4/c1-7-13(19)8-4-2-3-5-11(8)22-16(7)9-6-10(17)15(21)12(18)14(9)20/h2-6,20-21H,1H3. The largest absolute Gasteiger partial charge is 0.506 e. The quantitative estimate of drug-likeness (QED) is 0.592. The van der Waals surface area contributed by atoms with E-state index < -0.39 is 0 Å². The Balaban J connectivity index is 2.41. The van der Waals surface area contributed by atoms with Crippen molar-refractivity contribution in [1.29, 1.82) is 0 Å². The Hall–Kier alpha value is -1.79. The first-order chi connectivity index (χ1) is 10.4. The second kappa shape index (κ2) is 5.44. The highest BCUT2D eigenvalue weighted by Gasteiger charge is 2.20. The SMILES string of the molecule is Cc1c(-c2cc(Br)c(O)c(Br)c2O)oc2ccccc2c1=O. The van der Waals surface area contributed by atoms with E-state index in [1.165, 1.54) is 6.07 Å². The number of phenolic OH excluding ortho intramolecular Hbond substituents is 2. The van der Waals surface area contributed by atoms with E-state index in [1.54, 1.807) is 31.2 Å². The van der Waals surface area contributed by atoms with Crippen molar-refractivity contribution in [2.45, 2.75) is 6.92 Å². The summed E-state index contributed by atoms with van der Waals surface area (Å²) in [6, 6.07) is 8.44. The van der Waals surface area contributed by atoms with Gasteiger partial charge in [0.25, 0.3) is 0 Å². The third kappa shape index (κ3) is 2.23. The highest BCUT2D eigenvalue weighted by atomic mass is 79.9. The fourth-order valence-electron chi connectivity index (χ4n) is 2.26. The molecule has 0 unspecified atom stereocenters. The number of phenols is 2. The van der Waals surface area contributed by atoms with Gasteiger partial charge in [-0.3, -0.25) is 4.79 Å². The molecule has 0 fully saturated rings. The third-order valence-corrected chi connectivity index (χ3v) is 4.79. The van der Waals surface area contributed by atoms with E-state index in [-0.39, 0.29) is 27.2 Å². The molecule has 0 aliphatic heterocycles. The highest BCUT2D eigenvalue weighted by Crippen LogP contribution is 2.45. The topological polar surface area (TPSA) is 70.7 Å². The molecule has 0 atom stereocenters. The number of hydrogen-bond acceptors (Lipinski definition) is 4. The molecule has 0 saturated heterocycles. The fourth-order valence-corrected chi connectivity index (χ4v) is 3.38. The summed E-state index contributed by atoms with van der Waals surface area (Å²) in [5.41, 5.74) is 0.986. The molecular weight excluding hydrogens is 416 g/mol. The minimum atomic E-state index is -0.192. The predicted molar refractivity (Wildman–Crippen MR) is 91.4 cm³/mol. The zero-order valence-corrected chi connectivity index (χ0v) is 14.5. The average Bonchev–Trinajstić information content (AvgIpc) is 2.52. The molecule has 112 valence electrons. The molecule has 0 saturated carbocycles. The first-order valence-electron chi connectivity index (χ1n) is 6.34. The number of halogens is 2. The van der Waals surface area contributed by atoms with Crippen molar-refractivity contribution >= 4 is 42.8 Å². The van der Waals surface area contributed by atoms with Crippen molar-refractivity contribution in [3.05, 3.63) is 55.1 Å². The molecule has 22 heavy (non-hydrogen) atoms. The minimum Gasteiger partial charge on any atom is -0.506 e. The van der Waals surface area contributed by atoms with Gasteiger partial charge in [0.05, 0.1) is 15.4 Å². The molecule has 0 bridgehead atoms. The third-order valence-electron chi connectivity index (χ3n) is 3.44. The Morgan fingerprint density at radius 1 is 1.09 bits per heavy atom. The lowest BCUT2D eigenvalue weighted by atomic mass is 10.0. The van der Waals surface area contributed by atoms with Crippen LogP contribution in [0.4, 0.5) is 0 Å². The van der Waals surface area contributed by atoms with E-state index in [9.17, 15) is 15.0 Å². The molecule has 0 aliphatic rings. The summed E-state index contributed by atoms with van der Waals surface area (Å²) in [6.07, 6.45) is 0. The van der Waals surface area contributed by atoms with Crippen LogP contribution in [0.3, 0.4) is 0 Å². The number of benzene rings is 2. The second-order valence-electron chi connectivity index (χ2n) is 4.80. The van der Waals surface area contributed by atoms with Crippen LogP contribution in [-0.2, 0) is 0 Å². The minimum absolute atomic E-state index is 0.123. The first-order valence-corrected chi connectivity index (χ1v) is 7.93. The Bertz CT molecular complexity index is 960. The van der Waals surface area contributed by atoms with Gasteiger partial charge in [0, 0.05) is 5.56 Å². The number of hydrogen-bond donors (Lipinski definition) is 2. The maximum absolute atomic E-state index is 12.5. The van der Waals surface area contributed by atoms with Crippen LogP contribution in [0, 0.1) is 6.92 Å². The average molecular weight is 426 g/mol. The van der Waals surface area contributed by atoms with Crippen molar-refractivity contribution in [2.24, 2.45) is 0 Å². The van der Waals surface area contributed by atoms with E-state index in [0.717, 1.165) is 0 Å². The normalized spacial score (nSPS) is 11.0. The van der Waals surface area contributed by atoms with Gasteiger partial charge < -0.3 is 14.6 Å². The Morgan fingerprint density at radius 2 is 1.77 bits per heavy atom. The summed E-state index contributed by atoms with van der Waals surface area (Å²) in [5, 5.41) is 20.5. The van der Waals surface area contributed by atoms with Crippen LogP contribution in [0.5, 0.6) is 11.5 Å². The summed E-state index contributed by atoms with van der Waals surface area (Å²) in [6.45, 7) is 1.64. The van der Waals surface area contributed by atoms with Crippen LogP contribution < -0.4 is 5.43 Å². The van der Waals surface area contributed by atoms with Crippen LogP contribution in [0.1, 0.15) is 5.56 Å². The smallest absolute Gasteiger partial charge is 0.196 e. The molecule has 6 heteroatoms. The van der Waals surface area contributed by atoms with Crippen LogP contribution in [0.2, 0.25) is 0 Å². The van der Waals surface area contributed by atoms with E-state index in [1.807, 2.05) is 0 Å². The number of aromatic hydroxyl groups is 2. The second-order valence-corrected chi connectivity index (χ2v) is 6.45. The number of rotatable bonds is 1. The predicted octanol–water partition coefficient (Wildman–Crippen LogP) is 4.70. The van der Waals surface area contributed by atoms with Gasteiger partial charge in [-0.2, -0.15) is 0 Å². The molecule has 4 nitrogen and oxygen atoms in total. The zero-order chi connectivity index (χ0) is 16.0. The summed E-state index contributed by atoms with van der Waals surface area (Å²) >= 11 is 6.33. The lowest BCUT2D eigenvalue weighted by Gasteiger charge is -2.11. The molecule has 1 heterocycles. The summed E-state index contributed by atoms with van der Waals surface area (Å²) < 4.78 is 6.32. The number of para-hydroxylation sites is 1. The molecule has 0 amide bonds. The van der Waals surface area contributed by atoms with Crippen molar-refractivity contribution in [2.75, 3.05) is 0 Å². The van der Waals surface area contributed by atoms with Crippen LogP contribution in [-0.4, -0.2) is 10.2 Å². The maximum Gasteiger partial charge on any atom is 0.196 e. The zero-order valence-electron chi connectivity index (χ0n) is 11.4. The fraction of sp³-hybridized carbons (Fsp3) is 0.0625. The molecule has 2 N–H and O–H groups in total. The van der Waals surface area contributed by atoms with Crippen molar-refractivity contribution in [1.82, 2.24) is 0 Å². The van der Waals surface area contributed by atoms with Crippen LogP contribution >= 0.6 is 31.9 Å². The molecule has 0 spiro atoms. The molecular formula is C16H10Br2O4. The van der Waals surface area contributed by atoms with Crippen molar-refractivity contribution in [3.8, 4) is 22.8 Å². The van der Waals surface area contributed by atoms with Gasteiger partial charge in [-0.25, -0.2) is 0 Å². The van der Waals surface area contributed by atoms with Gasteiger partial charge >= 0.3 is 0 Å². The van der Waals surface area contributed by atoms with E-state index in [4.69, 9.17) is 4.42 Å². The summed E-state index contributed by atoms with van der Waals surface area (Å²) in [7, 11) is 0. The van der Waals surface area contributed by atoms with Gasteiger partial charge in [0.15, 0.2) is 5.43 Å². The van der Waals surface area contributed by atoms with Crippen molar-refractivity contribution < 1.29 is 14.6 Å². The monoisotopic (exact) mass is 424 g/mol. The molecule has 0 radical (unpaired) electrons. The summed E-state index contributed by atoms with van der Waals surface area (Å²) in [5.74, 6) is -0.0492. The van der Waals surface area contributed by atoms with Gasteiger partial charge in [0.1, 0.15) is 27.3 Å². The number of fused-ring (bicyclic) bond motifs is 1.